The zero-order valence-electron chi connectivity index (χ0n) is 12.9. The molecule has 0 aromatic heterocycles. The molecule has 0 N–H and O–H groups in total. The zero-order chi connectivity index (χ0) is 17.6. The van der Waals surface area contributed by atoms with Crippen molar-refractivity contribution in [3.63, 3.8) is 0 Å². The van der Waals surface area contributed by atoms with Crippen molar-refractivity contribution in [2.75, 3.05) is 4.90 Å². The van der Waals surface area contributed by atoms with Crippen molar-refractivity contribution in [3.05, 3.63) is 83.1 Å². The maximum absolute atomic E-state index is 13.1. The van der Waals surface area contributed by atoms with Crippen LogP contribution in [0.2, 0.25) is 0 Å². The average molecular weight is 352 g/mol. The van der Waals surface area contributed by atoms with Crippen LogP contribution in [0.3, 0.4) is 0 Å². The van der Waals surface area contributed by atoms with Gasteiger partial charge >= 0.3 is 0 Å². The highest BCUT2D eigenvalue weighted by Gasteiger charge is 2.39. The molecular weight excluding hydrogens is 341 g/mol. The number of rotatable bonds is 2. The highest BCUT2D eigenvalue weighted by molar-refractivity contribution is 6.60. The van der Waals surface area contributed by atoms with E-state index in [0.29, 0.717) is 11.3 Å². The van der Waals surface area contributed by atoms with E-state index in [4.69, 9.17) is 11.6 Å². The first kappa shape index (κ1) is 15.5. The van der Waals surface area contributed by atoms with Crippen LogP contribution in [0.1, 0.15) is 5.56 Å². The minimum Gasteiger partial charge on any atom is -0.268 e. The number of fused-ring (bicyclic) bond motifs is 1. The minimum atomic E-state index is -0.581. The first-order valence-corrected chi connectivity index (χ1v) is 7.98. The Balaban J connectivity index is 1.85. The molecule has 3 nitrogen and oxygen atoms in total. The Hall–Kier alpha value is -2.98. The third kappa shape index (κ3) is 2.42. The Labute approximate surface area is 147 Å². The lowest BCUT2D eigenvalue weighted by Gasteiger charge is -2.17. The standard InChI is InChI=1S/C20H11ClFNO2/c21-18-17(13-8-10-14(22)11-9-13)19(24)23(20(18)25)16-7-3-5-12-4-1-2-6-15(12)16/h1-11H. The molecule has 1 aliphatic heterocycles. The fourth-order valence-electron chi connectivity index (χ4n) is 2.99. The molecule has 1 heterocycles. The number of amides is 2. The van der Waals surface area contributed by atoms with E-state index < -0.39 is 17.6 Å². The maximum atomic E-state index is 13.1. The van der Waals surface area contributed by atoms with Gasteiger partial charge < -0.3 is 0 Å². The van der Waals surface area contributed by atoms with Crippen molar-refractivity contribution in [1.82, 2.24) is 0 Å². The van der Waals surface area contributed by atoms with E-state index in [0.717, 1.165) is 15.7 Å². The van der Waals surface area contributed by atoms with Crippen molar-refractivity contribution in [2.45, 2.75) is 0 Å². The van der Waals surface area contributed by atoms with Gasteiger partial charge in [-0.1, -0.05) is 60.1 Å². The maximum Gasteiger partial charge on any atom is 0.277 e. The van der Waals surface area contributed by atoms with Crippen molar-refractivity contribution in [2.24, 2.45) is 0 Å². The zero-order valence-corrected chi connectivity index (χ0v) is 13.6. The Bertz CT molecular complexity index is 1050. The topological polar surface area (TPSA) is 37.4 Å². The Kier molecular flexibility index (Phi) is 3.62. The monoisotopic (exact) mass is 351 g/mol. The number of carbonyl (C=O) groups excluding carboxylic acids is 2. The summed E-state index contributed by atoms with van der Waals surface area (Å²) in [5.74, 6) is -1.52. The lowest BCUT2D eigenvalue weighted by molar-refractivity contribution is -0.119. The van der Waals surface area contributed by atoms with Gasteiger partial charge in [-0.25, -0.2) is 9.29 Å². The first-order chi connectivity index (χ1) is 12.1. The summed E-state index contributed by atoms with van der Waals surface area (Å²) in [6.45, 7) is 0. The van der Waals surface area contributed by atoms with Crippen molar-refractivity contribution in [3.8, 4) is 0 Å². The van der Waals surface area contributed by atoms with Gasteiger partial charge in [-0.2, -0.15) is 0 Å². The third-order valence-corrected chi connectivity index (χ3v) is 4.52. The predicted molar refractivity (Wildman–Crippen MR) is 95.6 cm³/mol. The largest absolute Gasteiger partial charge is 0.277 e. The van der Waals surface area contributed by atoms with E-state index >= 15 is 0 Å². The normalized spacial score (nSPS) is 14.7. The fraction of sp³-hybridized carbons (Fsp3) is 0. The number of anilines is 1. The summed E-state index contributed by atoms with van der Waals surface area (Å²) in [7, 11) is 0. The van der Waals surface area contributed by atoms with Crippen LogP contribution in [0, 0.1) is 5.82 Å². The van der Waals surface area contributed by atoms with Crippen LogP contribution in [0.25, 0.3) is 16.3 Å². The van der Waals surface area contributed by atoms with Gasteiger partial charge in [-0.3, -0.25) is 9.59 Å². The van der Waals surface area contributed by atoms with Gasteiger partial charge in [-0.05, 0) is 29.1 Å². The lowest BCUT2D eigenvalue weighted by Crippen LogP contribution is -2.31. The Morgan fingerprint density at radius 1 is 0.800 bits per heavy atom. The lowest BCUT2D eigenvalue weighted by atomic mass is 10.1. The number of hydrogen-bond donors (Lipinski definition) is 0. The van der Waals surface area contributed by atoms with Gasteiger partial charge in [0.2, 0.25) is 0 Å². The number of benzene rings is 3. The summed E-state index contributed by atoms with van der Waals surface area (Å²) in [4.78, 5) is 26.6. The van der Waals surface area contributed by atoms with Crippen molar-refractivity contribution >= 4 is 45.4 Å². The second-order valence-corrected chi connectivity index (χ2v) is 6.02. The second-order valence-electron chi connectivity index (χ2n) is 5.64. The molecule has 0 saturated carbocycles. The number of hydrogen-bond acceptors (Lipinski definition) is 2. The molecule has 4 rings (SSSR count). The summed E-state index contributed by atoms with van der Waals surface area (Å²) in [5, 5.41) is 1.52. The molecule has 0 spiro atoms. The highest BCUT2D eigenvalue weighted by atomic mass is 35.5. The van der Waals surface area contributed by atoms with Gasteiger partial charge in [0.15, 0.2) is 0 Å². The van der Waals surface area contributed by atoms with Gasteiger partial charge in [0.1, 0.15) is 10.8 Å². The molecule has 122 valence electrons. The summed E-state index contributed by atoms with van der Waals surface area (Å²) in [5.41, 5.74) is 0.968. The third-order valence-electron chi connectivity index (χ3n) is 4.17. The molecule has 0 saturated heterocycles. The number of nitrogens with zero attached hydrogens (tertiary/aromatic N) is 1. The van der Waals surface area contributed by atoms with Gasteiger partial charge in [0.05, 0.1) is 11.3 Å². The predicted octanol–water partition coefficient (Wildman–Crippen LogP) is 4.50. The van der Waals surface area contributed by atoms with Gasteiger partial charge in [0.25, 0.3) is 11.8 Å². The Morgan fingerprint density at radius 2 is 1.48 bits per heavy atom. The SMILES string of the molecule is O=C1C(Cl)=C(c2ccc(F)cc2)C(=O)N1c1cccc2ccccc12. The summed E-state index contributed by atoms with van der Waals surface area (Å²) < 4.78 is 13.1. The number of carbonyl (C=O) groups is 2. The van der Waals surface area contributed by atoms with Gasteiger partial charge in [-0.15, -0.1) is 0 Å². The van der Waals surface area contributed by atoms with Crippen LogP contribution in [0.15, 0.2) is 71.8 Å². The Morgan fingerprint density at radius 3 is 2.24 bits per heavy atom. The van der Waals surface area contributed by atoms with Crippen molar-refractivity contribution in [1.29, 1.82) is 0 Å². The van der Waals surface area contributed by atoms with Crippen LogP contribution in [0.4, 0.5) is 10.1 Å². The van der Waals surface area contributed by atoms with Gasteiger partial charge in [0, 0.05) is 5.39 Å². The van der Waals surface area contributed by atoms with Crippen LogP contribution >= 0.6 is 11.6 Å². The van der Waals surface area contributed by atoms with Crippen LogP contribution < -0.4 is 4.90 Å². The van der Waals surface area contributed by atoms with E-state index in [1.807, 2.05) is 30.3 Å². The summed E-state index contributed by atoms with van der Waals surface area (Å²) >= 11 is 6.17. The number of imide groups is 1. The molecule has 0 atom stereocenters. The second kappa shape index (κ2) is 5.83. The smallest absolute Gasteiger partial charge is 0.268 e. The van der Waals surface area contributed by atoms with Crippen LogP contribution in [0.5, 0.6) is 0 Å². The molecule has 5 heteroatoms. The summed E-state index contributed by atoms with van der Waals surface area (Å²) in [6, 6.07) is 18.2. The molecular formula is C20H11ClFNO2. The average Bonchev–Trinajstić information content (AvgIpc) is 2.85. The van der Waals surface area contributed by atoms with Crippen LogP contribution in [-0.4, -0.2) is 11.8 Å². The minimum absolute atomic E-state index is 0.0830. The molecule has 2 amide bonds. The molecule has 1 aliphatic rings. The molecule has 3 aromatic rings. The molecule has 0 radical (unpaired) electrons. The highest BCUT2D eigenvalue weighted by Crippen LogP contribution is 2.37. The van der Waals surface area contributed by atoms with E-state index in [1.54, 1.807) is 12.1 Å². The van der Waals surface area contributed by atoms with Crippen LogP contribution in [-0.2, 0) is 9.59 Å². The molecule has 25 heavy (non-hydrogen) atoms. The van der Waals surface area contributed by atoms with E-state index in [-0.39, 0.29) is 10.6 Å². The quantitative estimate of drug-likeness (QED) is 0.637. The van der Waals surface area contributed by atoms with E-state index in [9.17, 15) is 14.0 Å². The molecule has 0 unspecified atom stereocenters. The molecule has 0 fully saturated rings. The van der Waals surface area contributed by atoms with E-state index in [2.05, 4.69) is 0 Å². The van der Waals surface area contributed by atoms with E-state index in [1.165, 1.54) is 24.3 Å². The van der Waals surface area contributed by atoms with Crippen molar-refractivity contribution < 1.29 is 14.0 Å². The molecule has 0 aliphatic carbocycles. The molecule has 0 bridgehead atoms. The first-order valence-electron chi connectivity index (χ1n) is 7.60. The fourth-order valence-corrected chi connectivity index (χ4v) is 3.27. The number of halogens is 2. The summed E-state index contributed by atoms with van der Waals surface area (Å²) in [6.07, 6.45) is 0. The molecule has 3 aromatic carbocycles.